The van der Waals surface area contributed by atoms with Crippen LogP contribution in [0.4, 0.5) is 0 Å². The third-order valence-electron chi connectivity index (χ3n) is 5.35. The largest absolute Gasteiger partial charge is 0.504 e. The van der Waals surface area contributed by atoms with Crippen LogP contribution in [-0.4, -0.2) is 10.2 Å². The smallest absolute Gasteiger partial charge is 0.166 e. The van der Waals surface area contributed by atoms with Gasteiger partial charge in [-0.3, -0.25) is 0 Å². The van der Waals surface area contributed by atoms with Gasteiger partial charge in [0.15, 0.2) is 11.5 Å². The molecule has 0 aliphatic heterocycles. The molecule has 1 unspecified atom stereocenters. The first kappa shape index (κ1) is 13.4. The summed E-state index contributed by atoms with van der Waals surface area (Å²) < 4.78 is 0. The number of rotatable bonds is 0. The molecule has 116 valence electrons. The Hall–Kier alpha value is -3.00. The molecular weight excluding hydrogens is 296 g/mol. The normalized spacial score (nSPS) is 23.3. The van der Waals surface area contributed by atoms with E-state index < -0.39 is 0 Å². The van der Waals surface area contributed by atoms with Gasteiger partial charge in [0.25, 0.3) is 0 Å². The lowest BCUT2D eigenvalue weighted by molar-refractivity contribution is 0.408. The standard InChI is InChI=1S/C22H16O2/c23-19-10-9-14-7-8-15-12-17-6-3-5-16-4-1-2-11-22(16,17)13-18(15)20(14)21(19)24/h1-10,12-13,23-24H,11H2. The van der Waals surface area contributed by atoms with Crippen molar-refractivity contribution in [1.29, 1.82) is 0 Å². The number of hydrogen-bond acceptors (Lipinski definition) is 2. The van der Waals surface area contributed by atoms with Crippen LogP contribution in [0.1, 0.15) is 6.42 Å². The van der Waals surface area contributed by atoms with Gasteiger partial charge in [0.1, 0.15) is 0 Å². The van der Waals surface area contributed by atoms with Crippen molar-refractivity contribution in [3.05, 3.63) is 82.3 Å². The van der Waals surface area contributed by atoms with E-state index in [9.17, 15) is 10.2 Å². The molecule has 0 saturated heterocycles. The van der Waals surface area contributed by atoms with Crippen molar-refractivity contribution in [2.75, 3.05) is 0 Å². The molecule has 0 amide bonds. The van der Waals surface area contributed by atoms with Crippen LogP contribution in [0.15, 0.2) is 71.9 Å². The van der Waals surface area contributed by atoms with Gasteiger partial charge in [0.2, 0.25) is 0 Å². The van der Waals surface area contributed by atoms with Gasteiger partial charge >= 0.3 is 0 Å². The second-order valence-electron chi connectivity index (χ2n) is 6.60. The molecule has 2 heteroatoms. The van der Waals surface area contributed by atoms with E-state index in [0.29, 0.717) is 0 Å². The fraction of sp³-hybridized carbons (Fsp3) is 0.0909. The van der Waals surface area contributed by atoms with E-state index >= 15 is 0 Å². The summed E-state index contributed by atoms with van der Waals surface area (Å²) in [7, 11) is 0. The highest BCUT2D eigenvalue weighted by molar-refractivity contribution is 5.93. The Morgan fingerprint density at radius 1 is 0.917 bits per heavy atom. The molecule has 0 bridgehead atoms. The summed E-state index contributed by atoms with van der Waals surface area (Å²) in [6.45, 7) is 0. The molecule has 0 fully saturated rings. The predicted molar refractivity (Wildman–Crippen MR) is 97.0 cm³/mol. The van der Waals surface area contributed by atoms with E-state index in [1.54, 1.807) is 0 Å². The monoisotopic (exact) mass is 312 g/mol. The quantitative estimate of drug-likeness (QED) is 0.734. The molecule has 1 spiro atoms. The minimum atomic E-state index is -0.178. The number of phenolic OH excluding ortho intramolecular Hbond substituents is 2. The molecule has 3 aliphatic rings. The first-order valence-electron chi connectivity index (χ1n) is 8.13. The summed E-state index contributed by atoms with van der Waals surface area (Å²) in [5, 5.41) is 24.1. The lowest BCUT2D eigenvalue weighted by Gasteiger charge is -2.38. The van der Waals surface area contributed by atoms with Crippen LogP contribution >= 0.6 is 0 Å². The zero-order chi connectivity index (χ0) is 16.3. The highest BCUT2D eigenvalue weighted by atomic mass is 16.3. The van der Waals surface area contributed by atoms with Crippen molar-refractivity contribution in [3.8, 4) is 11.5 Å². The van der Waals surface area contributed by atoms with E-state index in [2.05, 4.69) is 54.7 Å². The maximum absolute atomic E-state index is 10.5. The molecule has 2 aromatic carbocycles. The molecular formula is C22H16O2. The van der Waals surface area contributed by atoms with E-state index in [1.807, 2.05) is 12.1 Å². The second kappa shape index (κ2) is 4.51. The van der Waals surface area contributed by atoms with E-state index in [1.165, 1.54) is 17.2 Å². The minimum Gasteiger partial charge on any atom is -0.504 e. The van der Waals surface area contributed by atoms with Gasteiger partial charge < -0.3 is 10.2 Å². The molecule has 0 saturated carbocycles. The topological polar surface area (TPSA) is 40.5 Å². The first-order chi connectivity index (χ1) is 11.7. The third-order valence-corrected chi connectivity index (χ3v) is 5.35. The average Bonchev–Trinajstić information content (AvgIpc) is 2.61. The van der Waals surface area contributed by atoms with Gasteiger partial charge in [-0.2, -0.15) is 0 Å². The molecule has 2 nitrogen and oxygen atoms in total. The lowest BCUT2D eigenvalue weighted by atomic mass is 9.65. The number of benzene rings is 2. The van der Waals surface area contributed by atoms with Crippen LogP contribution in [0.3, 0.4) is 0 Å². The Kier molecular flexibility index (Phi) is 2.53. The number of allylic oxidation sites excluding steroid dienone is 8. The Morgan fingerprint density at radius 2 is 1.75 bits per heavy atom. The fourth-order valence-corrected chi connectivity index (χ4v) is 4.11. The van der Waals surface area contributed by atoms with Gasteiger partial charge in [-0.05, 0) is 45.5 Å². The molecule has 2 N–H and O–H groups in total. The number of fused-ring (bicyclic) bond motifs is 3. The van der Waals surface area contributed by atoms with Crippen molar-refractivity contribution < 1.29 is 10.2 Å². The summed E-state index contributed by atoms with van der Waals surface area (Å²) in [5.74, 6) is -0.118. The van der Waals surface area contributed by atoms with E-state index in [-0.39, 0.29) is 16.9 Å². The fourth-order valence-electron chi connectivity index (χ4n) is 4.11. The van der Waals surface area contributed by atoms with Crippen LogP contribution in [0.5, 0.6) is 11.5 Å². The molecule has 1 atom stereocenters. The van der Waals surface area contributed by atoms with Crippen LogP contribution in [0, 0.1) is 5.41 Å². The minimum absolute atomic E-state index is 0.0407. The number of phenols is 2. The van der Waals surface area contributed by atoms with Crippen molar-refractivity contribution in [2.45, 2.75) is 6.42 Å². The van der Waals surface area contributed by atoms with Crippen LogP contribution in [-0.2, 0) is 0 Å². The summed E-state index contributed by atoms with van der Waals surface area (Å²) in [6.07, 6.45) is 18.2. The van der Waals surface area contributed by atoms with Gasteiger partial charge in [-0.1, -0.05) is 60.7 Å². The summed E-state index contributed by atoms with van der Waals surface area (Å²) in [6, 6.07) is 7.46. The zero-order valence-corrected chi connectivity index (χ0v) is 13.0. The molecule has 2 aromatic rings. The highest BCUT2D eigenvalue weighted by Gasteiger charge is 2.36. The highest BCUT2D eigenvalue weighted by Crippen LogP contribution is 2.47. The number of hydrogen-bond donors (Lipinski definition) is 2. The van der Waals surface area contributed by atoms with Crippen LogP contribution in [0.2, 0.25) is 0 Å². The number of aromatic hydroxyl groups is 2. The van der Waals surface area contributed by atoms with Crippen LogP contribution in [0.25, 0.3) is 22.9 Å². The molecule has 5 rings (SSSR count). The average molecular weight is 312 g/mol. The predicted octanol–water partition coefficient (Wildman–Crippen LogP) is 3.19. The molecule has 0 radical (unpaired) electrons. The second-order valence-corrected chi connectivity index (χ2v) is 6.60. The maximum atomic E-state index is 10.5. The third kappa shape index (κ3) is 1.60. The van der Waals surface area contributed by atoms with Gasteiger partial charge in [0.05, 0.1) is 0 Å². The van der Waals surface area contributed by atoms with E-state index in [0.717, 1.165) is 27.6 Å². The van der Waals surface area contributed by atoms with Gasteiger partial charge in [-0.15, -0.1) is 0 Å². The molecule has 24 heavy (non-hydrogen) atoms. The van der Waals surface area contributed by atoms with E-state index in [4.69, 9.17) is 0 Å². The Bertz CT molecular complexity index is 1140. The summed E-state index contributed by atoms with van der Waals surface area (Å²) >= 11 is 0. The molecule has 3 aliphatic carbocycles. The van der Waals surface area contributed by atoms with Crippen molar-refractivity contribution >= 4 is 22.9 Å². The van der Waals surface area contributed by atoms with Crippen LogP contribution < -0.4 is 10.4 Å². The van der Waals surface area contributed by atoms with Gasteiger partial charge in [0, 0.05) is 10.8 Å². The molecule has 0 heterocycles. The SMILES string of the molecule is Oc1ccc2ccc3c(c2c1O)=CC12CC=CC=C1C=CC=C2C=3. The Morgan fingerprint density at radius 3 is 2.67 bits per heavy atom. The van der Waals surface area contributed by atoms with Crippen molar-refractivity contribution in [3.63, 3.8) is 0 Å². The zero-order valence-electron chi connectivity index (χ0n) is 13.0. The van der Waals surface area contributed by atoms with Gasteiger partial charge in [-0.25, -0.2) is 0 Å². The Balaban J connectivity index is 1.97. The Labute approximate surface area is 139 Å². The summed E-state index contributed by atoms with van der Waals surface area (Å²) in [5.41, 5.74) is 2.36. The molecule has 0 aromatic heterocycles. The van der Waals surface area contributed by atoms with Crippen molar-refractivity contribution in [2.24, 2.45) is 5.41 Å². The summed E-state index contributed by atoms with van der Waals surface area (Å²) in [4.78, 5) is 0. The maximum Gasteiger partial charge on any atom is 0.166 e. The van der Waals surface area contributed by atoms with Crippen molar-refractivity contribution in [1.82, 2.24) is 0 Å². The first-order valence-corrected chi connectivity index (χ1v) is 8.13. The lowest BCUT2D eigenvalue weighted by Crippen LogP contribution is -2.38.